The van der Waals surface area contributed by atoms with Gasteiger partial charge in [0.1, 0.15) is 5.82 Å². The first-order chi connectivity index (χ1) is 16.3. The summed E-state index contributed by atoms with van der Waals surface area (Å²) in [4.78, 5) is 4.74. The van der Waals surface area contributed by atoms with E-state index in [1.165, 1.54) is 5.56 Å². The lowest BCUT2D eigenvalue weighted by Gasteiger charge is -2.11. The summed E-state index contributed by atoms with van der Waals surface area (Å²) in [5.41, 5.74) is 5.70. The summed E-state index contributed by atoms with van der Waals surface area (Å²) in [6.07, 6.45) is 8.52. The molecule has 0 radical (unpaired) electrons. The Hall–Kier alpha value is -4.18. The van der Waals surface area contributed by atoms with Crippen LogP contribution in [-0.2, 0) is 16.6 Å². The van der Waals surface area contributed by atoms with Crippen LogP contribution in [0.2, 0.25) is 0 Å². The standard InChI is InChI=1S/C24H23N7O2S/c1-17-8-9-20(12-22(17)29-34(2,32)33)27-23-10-11-31-24(28-23)21(14-26-31)19-13-25-30(16-19)15-18-6-4-3-5-7-18/h3-14,16,29H,15H2,1-2H3,(H,27,28). The third kappa shape index (κ3) is 4.76. The van der Waals surface area contributed by atoms with E-state index >= 15 is 0 Å². The molecule has 0 aliphatic rings. The van der Waals surface area contributed by atoms with Gasteiger partial charge in [-0.2, -0.15) is 10.2 Å². The van der Waals surface area contributed by atoms with Crippen LogP contribution >= 0.6 is 0 Å². The van der Waals surface area contributed by atoms with E-state index in [4.69, 9.17) is 4.98 Å². The van der Waals surface area contributed by atoms with E-state index in [-0.39, 0.29) is 0 Å². The Labute approximate surface area is 197 Å². The van der Waals surface area contributed by atoms with Crippen LogP contribution in [0, 0.1) is 6.92 Å². The molecule has 2 N–H and O–H groups in total. The van der Waals surface area contributed by atoms with Crippen molar-refractivity contribution in [2.75, 3.05) is 16.3 Å². The Kier molecular flexibility index (Phi) is 5.50. The second-order valence-electron chi connectivity index (χ2n) is 8.08. The van der Waals surface area contributed by atoms with Crippen molar-refractivity contribution in [3.8, 4) is 11.1 Å². The zero-order valence-corrected chi connectivity index (χ0v) is 19.5. The van der Waals surface area contributed by atoms with Crippen LogP contribution in [0.3, 0.4) is 0 Å². The molecule has 172 valence electrons. The van der Waals surface area contributed by atoms with Crippen LogP contribution in [0.15, 0.2) is 79.4 Å². The van der Waals surface area contributed by atoms with Crippen molar-refractivity contribution in [2.45, 2.75) is 13.5 Å². The second kappa shape index (κ2) is 8.64. The maximum absolute atomic E-state index is 11.7. The molecule has 3 heterocycles. The van der Waals surface area contributed by atoms with Crippen molar-refractivity contribution in [3.63, 3.8) is 0 Å². The first kappa shape index (κ1) is 21.7. The molecular weight excluding hydrogens is 450 g/mol. The molecule has 3 aromatic heterocycles. The van der Waals surface area contributed by atoms with Crippen LogP contribution in [-0.4, -0.2) is 39.1 Å². The zero-order valence-electron chi connectivity index (χ0n) is 18.7. The highest BCUT2D eigenvalue weighted by molar-refractivity contribution is 7.92. The van der Waals surface area contributed by atoms with Gasteiger partial charge in [0.15, 0.2) is 5.65 Å². The summed E-state index contributed by atoms with van der Waals surface area (Å²) in [5.74, 6) is 0.611. The number of anilines is 3. The van der Waals surface area contributed by atoms with E-state index in [9.17, 15) is 8.42 Å². The van der Waals surface area contributed by atoms with Crippen LogP contribution in [0.25, 0.3) is 16.8 Å². The third-order valence-electron chi connectivity index (χ3n) is 5.31. The number of hydrogen-bond acceptors (Lipinski definition) is 6. The molecule has 0 saturated heterocycles. The highest BCUT2D eigenvalue weighted by Crippen LogP contribution is 2.26. The number of sulfonamides is 1. The maximum atomic E-state index is 11.7. The van der Waals surface area contributed by atoms with Gasteiger partial charge in [0.25, 0.3) is 0 Å². The van der Waals surface area contributed by atoms with E-state index in [0.717, 1.165) is 22.9 Å². The lowest BCUT2D eigenvalue weighted by molar-refractivity contribution is 0.607. The van der Waals surface area contributed by atoms with Crippen LogP contribution in [0.1, 0.15) is 11.1 Å². The lowest BCUT2D eigenvalue weighted by Crippen LogP contribution is -2.10. The molecule has 5 rings (SSSR count). The van der Waals surface area contributed by atoms with Crippen molar-refractivity contribution in [3.05, 3.63) is 90.5 Å². The summed E-state index contributed by atoms with van der Waals surface area (Å²) >= 11 is 0. The average Bonchev–Trinajstić information content (AvgIpc) is 3.42. The zero-order chi connectivity index (χ0) is 23.7. The number of nitrogens with one attached hydrogen (secondary N) is 2. The van der Waals surface area contributed by atoms with Gasteiger partial charge >= 0.3 is 0 Å². The van der Waals surface area contributed by atoms with Crippen molar-refractivity contribution in [1.82, 2.24) is 24.4 Å². The number of benzene rings is 2. The molecule has 0 aliphatic heterocycles. The number of nitrogens with zero attached hydrogens (tertiary/aromatic N) is 5. The van der Waals surface area contributed by atoms with E-state index < -0.39 is 10.0 Å². The van der Waals surface area contributed by atoms with Crippen molar-refractivity contribution >= 4 is 32.9 Å². The Bertz CT molecular complexity index is 1570. The van der Waals surface area contributed by atoms with Gasteiger partial charge in [-0.15, -0.1) is 0 Å². The van der Waals surface area contributed by atoms with E-state index in [1.54, 1.807) is 16.8 Å². The summed E-state index contributed by atoms with van der Waals surface area (Å²) < 4.78 is 29.4. The van der Waals surface area contributed by atoms with Crippen LogP contribution in [0.4, 0.5) is 17.2 Å². The number of rotatable bonds is 7. The average molecular weight is 474 g/mol. The number of fused-ring (bicyclic) bond motifs is 1. The quantitative estimate of drug-likeness (QED) is 0.369. The molecule has 0 spiro atoms. The fourth-order valence-corrected chi connectivity index (χ4v) is 4.28. The molecule has 9 nitrogen and oxygen atoms in total. The Morgan fingerprint density at radius 1 is 1.00 bits per heavy atom. The first-order valence-corrected chi connectivity index (χ1v) is 12.5. The number of aromatic nitrogens is 5. The van der Waals surface area contributed by atoms with Gasteiger partial charge in [-0.3, -0.25) is 9.40 Å². The predicted octanol–water partition coefficient (Wildman–Crippen LogP) is 4.06. The van der Waals surface area contributed by atoms with Crippen molar-refractivity contribution in [1.29, 1.82) is 0 Å². The van der Waals surface area contributed by atoms with Gasteiger partial charge in [-0.05, 0) is 36.2 Å². The molecule has 0 atom stereocenters. The van der Waals surface area contributed by atoms with Crippen LogP contribution < -0.4 is 10.0 Å². The maximum Gasteiger partial charge on any atom is 0.229 e. The summed E-state index contributed by atoms with van der Waals surface area (Å²) in [6, 6.07) is 17.4. The van der Waals surface area contributed by atoms with Gasteiger partial charge in [-0.25, -0.2) is 17.9 Å². The molecule has 0 bridgehead atoms. The topological polar surface area (TPSA) is 106 Å². The van der Waals surface area contributed by atoms with Gasteiger partial charge in [0, 0.05) is 29.2 Å². The fourth-order valence-electron chi connectivity index (χ4n) is 3.66. The molecule has 0 aliphatic carbocycles. The Morgan fingerprint density at radius 2 is 1.82 bits per heavy atom. The summed E-state index contributed by atoms with van der Waals surface area (Å²) in [7, 11) is -3.38. The van der Waals surface area contributed by atoms with E-state index in [1.807, 2.05) is 66.6 Å². The van der Waals surface area contributed by atoms with E-state index in [2.05, 4.69) is 32.4 Å². The molecule has 2 aromatic carbocycles. The number of hydrogen-bond donors (Lipinski definition) is 2. The minimum atomic E-state index is -3.38. The van der Waals surface area contributed by atoms with E-state index in [0.29, 0.717) is 29.4 Å². The van der Waals surface area contributed by atoms with Gasteiger partial charge in [0.05, 0.1) is 30.9 Å². The van der Waals surface area contributed by atoms with Gasteiger partial charge < -0.3 is 5.32 Å². The monoisotopic (exact) mass is 473 g/mol. The molecular formula is C24H23N7O2S. The van der Waals surface area contributed by atoms with Crippen molar-refractivity contribution < 1.29 is 8.42 Å². The smallest absolute Gasteiger partial charge is 0.229 e. The summed E-state index contributed by atoms with van der Waals surface area (Å²) in [6.45, 7) is 2.52. The molecule has 0 unspecified atom stereocenters. The third-order valence-corrected chi connectivity index (χ3v) is 5.90. The first-order valence-electron chi connectivity index (χ1n) is 10.6. The Balaban J connectivity index is 1.42. The molecule has 5 aromatic rings. The minimum absolute atomic E-state index is 0.518. The summed E-state index contributed by atoms with van der Waals surface area (Å²) in [5, 5.41) is 12.2. The van der Waals surface area contributed by atoms with Crippen LogP contribution in [0.5, 0.6) is 0 Å². The normalized spacial score (nSPS) is 11.6. The molecule has 0 fully saturated rings. The largest absolute Gasteiger partial charge is 0.340 e. The minimum Gasteiger partial charge on any atom is -0.340 e. The predicted molar refractivity (Wildman–Crippen MR) is 133 cm³/mol. The Morgan fingerprint density at radius 3 is 2.62 bits per heavy atom. The molecule has 0 amide bonds. The van der Waals surface area contributed by atoms with Crippen molar-refractivity contribution in [2.24, 2.45) is 0 Å². The molecule has 0 saturated carbocycles. The van der Waals surface area contributed by atoms with Gasteiger partial charge in [-0.1, -0.05) is 36.4 Å². The molecule has 10 heteroatoms. The fraction of sp³-hybridized carbons (Fsp3) is 0.125. The molecule has 34 heavy (non-hydrogen) atoms. The SMILES string of the molecule is Cc1ccc(Nc2ccn3ncc(-c4cnn(Cc5ccccc5)c4)c3n2)cc1NS(C)(=O)=O. The highest BCUT2D eigenvalue weighted by atomic mass is 32.2. The lowest BCUT2D eigenvalue weighted by atomic mass is 10.2. The second-order valence-corrected chi connectivity index (χ2v) is 9.83. The number of aryl methyl sites for hydroxylation is 1. The van der Waals surface area contributed by atoms with Gasteiger partial charge in [0.2, 0.25) is 10.0 Å². The highest BCUT2D eigenvalue weighted by Gasteiger charge is 2.12.